The molecule has 0 saturated heterocycles. The minimum atomic E-state index is -1.21. The molecular formula is C14H21O3PS. The van der Waals surface area contributed by atoms with Crippen LogP contribution >= 0.6 is 20.4 Å². The van der Waals surface area contributed by atoms with Gasteiger partial charge < -0.3 is 13.6 Å². The van der Waals surface area contributed by atoms with E-state index in [1.807, 2.05) is 39.0 Å². The zero-order chi connectivity index (χ0) is 13.9. The first-order chi connectivity index (χ1) is 9.26. The van der Waals surface area contributed by atoms with Crippen molar-refractivity contribution in [3.63, 3.8) is 0 Å². The van der Waals surface area contributed by atoms with Crippen LogP contribution in [0, 0.1) is 0 Å². The van der Waals surface area contributed by atoms with Crippen molar-refractivity contribution in [2.45, 2.75) is 25.7 Å². The van der Waals surface area contributed by atoms with Gasteiger partial charge in [0.1, 0.15) is 0 Å². The molecule has 1 aromatic carbocycles. The maximum absolute atomic E-state index is 5.61. The standard InChI is InChI=1S/C14H21O3PS/c1-4-15-18(16-5-2)17-11-13(3)12-19-14-9-7-6-8-10-14/h6-10,12H,4-5,11H2,1-3H3/b13-12+. The van der Waals surface area contributed by atoms with Crippen molar-refractivity contribution in [3.05, 3.63) is 41.3 Å². The van der Waals surface area contributed by atoms with Gasteiger partial charge in [-0.3, -0.25) is 0 Å². The van der Waals surface area contributed by atoms with Gasteiger partial charge in [0.2, 0.25) is 0 Å². The Bertz CT molecular complexity index is 364. The monoisotopic (exact) mass is 300 g/mol. The van der Waals surface area contributed by atoms with Crippen molar-refractivity contribution in [3.8, 4) is 0 Å². The molecular weight excluding hydrogens is 279 g/mol. The Balaban J connectivity index is 2.34. The molecule has 3 nitrogen and oxygen atoms in total. The van der Waals surface area contributed by atoms with Crippen LogP contribution in [0.4, 0.5) is 0 Å². The molecule has 0 radical (unpaired) electrons. The first-order valence-electron chi connectivity index (χ1n) is 6.32. The lowest BCUT2D eigenvalue weighted by Gasteiger charge is -2.14. The molecule has 0 aliphatic carbocycles. The van der Waals surface area contributed by atoms with Crippen LogP contribution in [0.1, 0.15) is 20.8 Å². The lowest BCUT2D eigenvalue weighted by molar-refractivity contribution is 0.179. The van der Waals surface area contributed by atoms with Crippen LogP contribution in [0.3, 0.4) is 0 Å². The summed E-state index contributed by atoms with van der Waals surface area (Å²) in [5.74, 6) is 0. The Morgan fingerprint density at radius 1 is 1.11 bits per heavy atom. The summed E-state index contributed by atoms with van der Waals surface area (Å²) in [5.41, 5.74) is 1.15. The largest absolute Gasteiger partial charge is 0.332 e. The van der Waals surface area contributed by atoms with E-state index < -0.39 is 8.60 Å². The van der Waals surface area contributed by atoms with Crippen LogP contribution in [0.5, 0.6) is 0 Å². The number of hydrogen-bond donors (Lipinski definition) is 0. The molecule has 5 heteroatoms. The maximum Gasteiger partial charge on any atom is 0.332 e. The smallest absolute Gasteiger partial charge is 0.313 e. The van der Waals surface area contributed by atoms with Crippen molar-refractivity contribution >= 4 is 20.4 Å². The van der Waals surface area contributed by atoms with Gasteiger partial charge in [0.25, 0.3) is 0 Å². The van der Waals surface area contributed by atoms with Crippen molar-refractivity contribution < 1.29 is 13.6 Å². The Morgan fingerprint density at radius 2 is 1.74 bits per heavy atom. The van der Waals surface area contributed by atoms with Gasteiger partial charge in [-0.15, -0.1) is 0 Å². The minimum absolute atomic E-state index is 0.533. The average Bonchev–Trinajstić information content (AvgIpc) is 2.44. The van der Waals surface area contributed by atoms with Crippen molar-refractivity contribution in [2.24, 2.45) is 0 Å². The molecule has 106 valence electrons. The molecule has 0 aromatic heterocycles. The summed E-state index contributed by atoms with van der Waals surface area (Å²) in [5, 5.41) is 2.10. The van der Waals surface area contributed by atoms with Gasteiger partial charge in [0.15, 0.2) is 0 Å². The highest BCUT2D eigenvalue weighted by Crippen LogP contribution is 2.39. The van der Waals surface area contributed by atoms with Crippen LogP contribution in [-0.2, 0) is 13.6 Å². The zero-order valence-electron chi connectivity index (χ0n) is 11.7. The zero-order valence-corrected chi connectivity index (χ0v) is 13.4. The van der Waals surface area contributed by atoms with Gasteiger partial charge in [-0.2, -0.15) is 0 Å². The van der Waals surface area contributed by atoms with E-state index in [4.69, 9.17) is 13.6 Å². The summed E-state index contributed by atoms with van der Waals surface area (Å²) in [6.07, 6.45) is 0. The Kier molecular flexibility index (Phi) is 9.14. The number of rotatable bonds is 9. The van der Waals surface area contributed by atoms with Gasteiger partial charge in [0, 0.05) is 4.90 Å². The van der Waals surface area contributed by atoms with E-state index in [1.165, 1.54) is 4.90 Å². The molecule has 0 saturated carbocycles. The first kappa shape index (κ1) is 16.7. The highest BCUT2D eigenvalue weighted by Gasteiger charge is 2.10. The van der Waals surface area contributed by atoms with Gasteiger partial charge in [-0.1, -0.05) is 30.0 Å². The van der Waals surface area contributed by atoms with Crippen molar-refractivity contribution in [1.29, 1.82) is 0 Å². The molecule has 0 aliphatic rings. The van der Waals surface area contributed by atoms with Crippen molar-refractivity contribution in [1.82, 2.24) is 0 Å². The summed E-state index contributed by atoms with van der Waals surface area (Å²) in [6.45, 7) is 7.66. The third kappa shape index (κ3) is 7.71. The second kappa shape index (κ2) is 10.4. The van der Waals surface area contributed by atoms with E-state index in [1.54, 1.807) is 11.8 Å². The molecule has 0 unspecified atom stereocenters. The summed E-state index contributed by atoms with van der Waals surface area (Å²) in [7, 11) is -1.21. The van der Waals surface area contributed by atoms with E-state index in [2.05, 4.69) is 17.5 Å². The molecule has 0 heterocycles. The lowest BCUT2D eigenvalue weighted by Crippen LogP contribution is -1.97. The highest BCUT2D eigenvalue weighted by molar-refractivity contribution is 8.02. The number of hydrogen-bond acceptors (Lipinski definition) is 4. The third-order valence-electron chi connectivity index (χ3n) is 2.01. The molecule has 0 aliphatic heterocycles. The average molecular weight is 300 g/mol. The second-order valence-electron chi connectivity index (χ2n) is 3.73. The molecule has 0 atom stereocenters. The van der Waals surface area contributed by atoms with Crippen molar-refractivity contribution in [2.75, 3.05) is 19.8 Å². The predicted octanol–water partition coefficient (Wildman–Crippen LogP) is 5.00. The third-order valence-corrected chi connectivity index (χ3v) is 4.35. The van der Waals surface area contributed by atoms with E-state index in [0.717, 1.165) is 5.57 Å². The fraction of sp³-hybridized carbons (Fsp3) is 0.429. The SMILES string of the molecule is CCOP(OCC)OC/C(C)=C/Sc1ccccc1. The maximum atomic E-state index is 5.61. The van der Waals surface area contributed by atoms with Crippen LogP contribution in [0.25, 0.3) is 0 Å². The van der Waals surface area contributed by atoms with E-state index in [9.17, 15) is 0 Å². The van der Waals surface area contributed by atoms with Crippen LogP contribution < -0.4 is 0 Å². The van der Waals surface area contributed by atoms with Gasteiger partial charge >= 0.3 is 8.60 Å². The lowest BCUT2D eigenvalue weighted by atomic mass is 10.4. The fourth-order valence-electron chi connectivity index (χ4n) is 1.18. The summed E-state index contributed by atoms with van der Waals surface area (Å²) in [4.78, 5) is 1.22. The van der Waals surface area contributed by atoms with Gasteiger partial charge in [-0.25, -0.2) is 0 Å². The van der Waals surface area contributed by atoms with E-state index in [-0.39, 0.29) is 0 Å². The quantitative estimate of drug-likeness (QED) is 0.474. The summed E-state index contributed by atoms with van der Waals surface area (Å²) in [6, 6.07) is 10.3. The Labute approximate surface area is 121 Å². The Hall–Kier alpha value is -0.380. The van der Waals surface area contributed by atoms with Crippen LogP contribution in [-0.4, -0.2) is 19.8 Å². The normalized spacial score (nSPS) is 12.1. The molecule has 19 heavy (non-hydrogen) atoms. The fourth-order valence-corrected chi connectivity index (χ4v) is 2.85. The van der Waals surface area contributed by atoms with E-state index >= 15 is 0 Å². The highest BCUT2D eigenvalue weighted by atomic mass is 32.2. The Morgan fingerprint density at radius 3 is 2.32 bits per heavy atom. The molecule has 0 amide bonds. The van der Waals surface area contributed by atoms with Crippen LogP contribution in [0.15, 0.2) is 46.2 Å². The second-order valence-corrected chi connectivity index (χ2v) is 5.89. The molecule has 1 rings (SSSR count). The molecule has 1 aromatic rings. The molecule has 0 bridgehead atoms. The molecule has 0 fully saturated rings. The van der Waals surface area contributed by atoms with E-state index in [0.29, 0.717) is 19.8 Å². The van der Waals surface area contributed by atoms with Crippen LogP contribution in [0.2, 0.25) is 0 Å². The molecule has 0 N–H and O–H groups in total. The number of thioether (sulfide) groups is 1. The first-order valence-corrected chi connectivity index (χ1v) is 8.30. The summed E-state index contributed by atoms with van der Waals surface area (Å²) < 4.78 is 16.4. The van der Waals surface area contributed by atoms with Gasteiger partial charge in [0.05, 0.1) is 19.8 Å². The number of benzene rings is 1. The topological polar surface area (TPSA) is 27.7 Å². The van der Waals surface area contributed by atoms with Gasteiger partial charge in [-0.05, 0) is 43.9 Å². The summed E-state index contributed by atoms with van der Waals surface area (Å²) >= 11 is 1.69. The molecule has 0 spiro atoms. The predicted molar refractivity (Wildman–Crippen MR) is 82.2 cm³/mol. The minimum Gasteiger partial charge on any atom is -0.313 e.